The first kappa shape index (κ1) is 77.6. The lowest BCUT2D eigenvalue weighted by atomic mass is 9.94. The van der Waals surface area contributed by atoms with E-state index in [1.54, 1.807) is 0 Å². The molecule has 22 aliphatic rings. The number of rotatable bonds is 30. The van der Waals surface area contributed by atoms with Crippen LogP contribution in [0.3, 0.4) is 0 Å². The molecule has 0 N–H and O–H groups in total. The summed E-state index contributed by atoms with van der Waals surface area (Å²) in [5.41, 5.74) is 0. The molecule has 0 amide bonds. The van der Waals surface area contributed by atoms with Crippen LogP contribution in [-0.2, 0) is 142 Å². The predicted octanol–water partition coefficient (Wildman–Crippen LogP) is -0.429. The van der Waals surface area contributed by atoms with Crippen LogP contribution >= 0.6 is 0 Å². The van der Waals surface area contributed by atoms with Crippen molar-refractivity contribution in [2.24, 2.45) is 0 Å². The number of nitriles is 3. The zero-order valence-electron chi connectivity index (χ0n) is 55.9. The van der Waals surface area contributed by atoms with Gasteiger partial charge in [-0.25, -0.2) is 0 Å². The van der Waals surface area contributed by atoms with E-state index in [4.69, 9.17) is 142 Å². The molecule has 0 aliphatic carbocycles. The van der Waals surface area contributed by atoms with Crippen LogP contribution in [0.25, 0.3) is 0 Å². The normalized spacial score (nSPS) is 42.5. The lowest BCUT2D eigenvalue weighted by molar-refractivity contribution is -0.410. The molecule has 0 aromatic heterocycles. The van der Waals surface area contributed by atoms with Crippen LogP contribution < -0.4 is 0 Å². The van der Waals surface area contributed by atoms with Gasteiger partial charge in [0.05, 0.1) is 96.9 Å². The van der Waals surface area contributed by atoms with E-state index in [1.807, 2.05) is 0 Å². The predicted molar refractivity (Wildman–Crippen MR) is 310 cm³/mol. The molecule has 33 nitrogen and oxygen atoms in total. The maximum atomic E-state index is 9.53. The third-order valence-corrected chi connectivity index (χ3v) is 17.5. The average molecular weight is 1340 g/mol. The van der Waals surface area contributed by atoms with Gasteiger partial charge in [-0.2, -0.15) is 15.8 Å². The third-order valence-electron chi connectivity index (χ3n) is 17.5. The fourth-order valence-electron chi connectivity index (χ4n) is 13.2. The molecule has 0 radical (unpaired) electrons. The van der Waals surface area contributed by atoms with Crippen LogP contribution in [0.15, 0.2) is 0 Å². The summed E-state index contributed by atoms with van der Waals surface area (Å²) in [5, 5.41) is 28.6. The first-order chi connectivity index (χ1) is 45.4. The van der Waals surface area contributed by atoms with Gasteiger partial charge in [0.1, 0.15) is 146 Å². The van der Waals surface area contributed by atoms with Gasteiger partial charge in [-0.1, -0.05) is 0 Å². The lowest BCUT2D eigenvalue weighted by Crippen LogP contribution is -2.70. The number of nitrogens with zero attached hydrogens (tertiary/aromatic N) is 3. The van der Waals surface area contributed by atoms with Crippen LogP contribution in [0, 0.1) is 34.0 Å². The standard InChI is InChI=1S/C60H99N3O30/c1-64-25-31-37-43(67-4)49(73-10)55(82-31)91-40-34(28-79-22-16-19-61)86-59(53(77-14)46(40)70-7)89-38-32(26-65-2)84-57(51(75-12)44(38)68-5)93-42-36(30-81-24-18-21-63)87-60(54(78-15)48(42)72-9)90-39-33(27-66-3)83-56(50(74-11)45(39)69-6)92-41-35(29-80-23-17-20-62)85-58(88-37)52(76-13)47(41)71-8/h31-60H,16-18,22-30H2,1-15H3. The molecule has 0 spiro atoms. The number of ether oxygens (including phenoxy) is 30. The lowest BCUT2D eigenvalue weighted by Gasteiger charge is -2.53. The SMILES string of the molecule is COCC1OC2OC3C(COCCC#N)OC(OC4C(COC)OC(OC5C(COCCC#N)OC(OC6C(COC)OC(OC7C(COCCC#N)OC(OC1C(OC)C2OC)C(OC)C7OC)C(OC)C6OC)C(OC)C5OC)C(OC)C4OC)C(OC)C3OC. The zero-order chi connectivity index (χ0) is 67.1. The molecule has 22 heterocycles. The van der Waals surface area contributed by atoms with Crippen LogP contribution in [0.4, 0.5) is 0 Å². The van der Waals surface area contributed by atoms with E-state index in [1.165, 1.54) is 107 Å². The van der Waals surface area contributed by atoms with Crippen molar-refractivity contribution in [2.75, 3.05) is 166 Å². The molecule has 93 heavy (non-hydrogen) atoms. The van der Waals surface area contributed by atoms with Crippen molar-refractivity contribution in [3.8, 4) is 18.2 Å². The third kappa shape index (κ3) is 18.4. The summed E-state index contributed by atoms with van der Waals surface area (Å²) in [6.07, 6.45) is -32.4. The molecule has 33 heteroatoms. The van der Waals surface area contributed by atoms with Crippen LogP contribution in [0.5, 0.6) is 0 Å². The Labute approximate surface area is 544 Å². The molecule has 22 saturated heterocycles. The molecule has 0 saturated carbocycles. The Kier molecular flexibility index (Phi) is 33.2. The van der Waals surface area contributed by atoms with E-state index in [0.29, 0.717) is 0 Å². The molecular weight excluding hydrogens is 1240 g/mol. The highest BCUT2D eigenvalue weighted by Gasteiger charge is 2.61. The maximum Gasteiger partial charge on any atom is 0.187 e. The summed E-state index contributed by atoms with van der Waals surface area (Å²) >= 11 is 0. The van der Waals surface area contributed by atoms with Gasteiger partial charge >= 0.3 is 0 Å². The molecule has 534 valence electrons. The van der Waals surface area contributed by atoms with Crippen molar-refractivity contribution in [1.29, 1.82) is 15.8 Å². The van der Waals surface area contributed by atoms with E-state index < -0.39 is 184 Å². The van der Waals surface area contributed by atoms with Crippen LogP contribution in [-0.4, -0.2) is 350 Å². The molecule has 22 rings (SSSR count). The Bertz CT molecular complexity index is 2000. The zero-order valence-corrected chi connectivity index (χ0v) is 55.9. The molecule has 30 atom stereocenters. The van der Waals surface area contributed by atoms with Crippen LogP contribution in [0.1, 0.15) is 19.3 Å². The summed E-state index contributed by atoms with van der Waals surface area (Å²) in [6.45, 7) is -0.544. The Morgan fingerprint density at radius 2 is 0.387 bits per heavy atom. The quantitative estimate of drug-likeness (QED) is 0.0824. The summed E-state index contributed by atoms with van der Waals surface area (Å²) in [5.74, 6) is 0. The van der Waals surface area contributed by atoms with Gasteiger partial charge in [-0.05, 0) is 0 Å². The monoisotopic (exact) mass is 1340 g/mol. The van der Waals surface area contributed by atoms with Gasteiger partial charge in [-0.3, -0.25) is 0 Å². The highest BCUT2D eigenvalue weighted by Crippen LogP contribution is 2.42. The van der Waals surface area contributed by atoms with Gasteiger partial charge in [0.25, 0.3) is 0 Å². The van der Waals surface area contributed by atoms with Gasteiger partial charge < -0.3 is 142 Å². The first-order valence-corrected chi connectivity index (χ1v) is 30.9. The van der Waals surface area contributed by atoms with E-state index in [2.05, 4.69) is 18.2 Å². The minimum atomic E-state index is -1.29. The first-order valence-electron chi connectivity index (χ1n) is 30.9. The molecule has 22 fully saturated rings. The minimum absolute atomic E-state index is 0.0406. The Morgan fingerprint density at radius 1 is 0.226 bits per heavy atom. The van der Waals surface area contributed by atoms with Crippen molar-refractivity contribution >= 4 is 0 Å². The number of hydrogen-bond acceptors (Lipinski definition) is 33. The second kappa shape index (κ2) is 39.8. The largest absolute Gasteiger partial charge is 0.382 e. The molecule has 12 bridgehead atoms. The summed E-state index contributed by atoms with van der Waals surface area (Å²) in [6, 6.07) is 6.31. The van der Waals surface area contributed by atoms with Crippen molar-refractivity contribution in [2.45, 2.75) is 203 Å². The van der Waals surface area contributed by atoms with Crippen molar-refractivity contribution in [3.05, 3.63) is 0 Å². The highest BCUT2D eigenvalue weighted by atomic mass is 16.8. The highest BCUT2D eigenvalue weighted by molar-refractivity contribution is 5.03. The second-order valence-corrected chi connectivity index (χ2v) is 22.6. The Balaban J connectivity index is 1.38. The number of hydrogen-bond donors (Lipinski definition) is 0. The Hall–Kier alpha value is -2.73. The maximum absolute atomic E-state index is 9.53. The second-order valence-electron chi connectivity index (χ2n) is 22.6. The molecular formula is C60H99N3O30. The van der Waals surface area contributed by atoms with Crippen molar-refractivity contribution < 1.29 is 142 Å². The summed E-state index contributed by atoms with van der Waals surface area (Å²) in [7, 11) is 22.2. The molecule has 0 aromatic rings. The smallest absolute Gasteiger partial charge is 0.187 e. The van der Waals surface area contributed by atoms with E-state index >= 15 is 0 Å². The van der Waals surface area contributed by atoms with E-state index in [9.17, 15) is 15.8 Å². The van der Waals surface area contributed by atoms with E-state index in [-0.39, 0.29) is 78.7 Å². The van der Waals surface area contributed by atoms with Gasteiger partial charge in [0.2, 0.25) is 0 Å². The van der Waals surface area contributed by atoms with E-state index in [0.717, 1.165) is 0 Å². The van der Waals surface area contributed by atoms with Crippen LogP contribution in [0.2, 0.25) is 0 Å². The fraction of sp³-hybridized carbons (Fsp3) is 0.950. The topological polar surface area (TPSA) is 348 Å². The molecule has 22 aliphatic heterocycles. The van der Waals surface area contributed by atoms with Gasteiger partial charge in [0, 0.05) is 107 Å². The summed E-state index contributed by atoms with van der Waals surface area (Å²) < 4.78 is 194. The molecule has 30 unspecified atom stereocenters. The average Bonchev–Trinajstić information content (AvgIpc) is 0.804. The van der Waals surface area contributed by atoms with Gasteiger partial charge in [-0.15, -0.1) is 0 Å². The number of methoxy groups -OCH3 is 15. The summed E-state index contributed by atoms with van der Waals surface area (Å²) in [4.78, 5) is 0. The van der Waals surface area contributed by atoms with Crippen molar-refractivity contribution in [1.82, 2.24) is 0 Å². The van der Waals surface area contributed by atoms with Gasteiger partial charge in [0.15, 0.2) is 37.7 Å². The Morgan fingerprint density at radius 3 is 0.527 bits per heavy atom. The molecule has 0 aromatic carbocycles. The minimum Gasteiger partial charge on any atom is -0.382 e. The fourth-order valence-corrected chi connectivity index (χ4v) is 13.2. The van der Waals surface area contributed by atoms with Crippen molar-refractivity contribution in [3.63, 3.8) is 0 Å².